The summed E-state index contributed by atoms with van der Waals surface area (Å²) in [6.07, 6.45) is 3.23. The Labute approximate surface area is 194 Å². The Hall–Kier alpha value is -3.35. The maximum Gasteiger partial charge on any atom is 0.295 e. The minimum atomic E-state index is -0.802. The normalized spacial score (nSPS) is 17.6. The summed E-state index contributed by atoms with van der Waals surface area (Å²) in [5, 5.41) is 11.6. The van der Waals surface area contributed by atoms with Crippen LogP contribution in [0.25, 0.3) is 5.76 Å². The fourth-order valence-electron chi connectivity index (χ4n) is 3.66. The summed E-state index contributed by atoms with van der Waals surface area (Å²) >= 11 is 12.1. The van der Waals surface area contributed by atoms with Gasteiger partial charge in [-0.05, 0) is 53.6 Å². The molecule has 0 radical (unpaired) electrons. The van der Waals surface area contributed by atoms with Gasteiger partial charge in [0.05, 0.1) is 28.8 Å². The van der Waals surface area contributed by atoms with Crippen molar-refractivity contribution in [2.75, 3.05) is 7.11 Å². The number of carbonyl (C=O) groups is 2. The number of carbonyl (C=O) groups excluding carboxylic acids is 2. The number of methoxy groups -OCH3 is 1. The van der Waals surface area contributed by atoms with Crippen molar-refractivity contribution in [3.63, 3.8) is 0 Å². The lowest BCUT2D eigenvalue weighted by Crippen LogP contribution is -2.29. The first kappa shape index (κ1) is 21.9. The number of ketones is 1. The number of pyridine rings is 1. The van der Waals surface area contributed by atoms with Gasteiger partial charge >= 0.3 is 0 Å². The Balaban J connectivity index is 1.86. The topological polar surface area (TPSA) is 79.7 Å². The van der Waals surface area contributed by atoms with Gasteiger partial charge < -0.3 is 14.7 Å². The predicted octanol–water partition coefficient (Wildman–Crippen LogP) is 5.02. The summed E-state index contributed by atoms with van der Waals surface area (Å²) in [6, 6.07) is 14.3. The fraction of sp³-hybridized carbons (Fsp3) is 0.125. The Morgan fingerprint density at radius 2 is 1.72 bits per heavy atom. The molecular weight excluding hydrogens is 451 g/mol. The van der Waals surface area contributed by atoms with Gasteiger partial charge in [-0.25, -0.2) is 0 Å². The number of aliphatic hydroxyl groups is 1. The first-order valence-electron chi connectivity index (χ1n) is 9.67. The molecule has 1 amide bonds. The Kier molecular flexibility index (Phi) is 6.17. The third-order valence-corrected chi connectivity index (χ3v) is 6.01. The van der Waals surface area contributed by atoms with Gasteiger partial charge in [0.1, 0.15) is 11.5 Å². The number of rotatable bonds is 5. The predicted molar refractivity (Wildman–Crippen MR) is 122 cm³/mol. The van der Waals surface area contributed by atoms with E-state index in [1.807, 2.05) is 0 Å². The number of hydrogen-bond acceptors (Lipinski definition) is 5. The van der Waals surface area contributed by atoms with Crippen LogP contribution in [0.4, 0.5) is 0 Å². The van der Waals surface area contributed by atoms with Gasteiger partial charge in [-0.3, -0.25) is 14.6 Å². The van der Waals surface area contributed by atoms with Gasteiger partial charge in [-0.1, -0.05) is 35.3 Å². The van der Waals surface area contributed by atoms with E-state index in [-0.39, 0.29) is 22.9 Å². The summed E-state index contributed by atoms with van der Waals surface area (Å²) in [5.74, 6) is -1.17. The molecule has 1 N–H and O–H groups in total. The molecule has 32 heavy (non-hydrogen) atoms. The molecule has 1 atom stereocenters. The average molecular weight is 469 g/mol. The lowest BCUT2D eigenvalue weighted by atomic mass is 9.95. The van der Waals surface area contributed by atoms with Crippen molar-refractivity contribution >= 4 is 40.7 Å². The number of aliphatic hydroxyl groups excluding tert-OH is 1. The first-order valence-corrected chi connectivity index (χ1v) is 10.4. The van der Waals surface area contributed by atoms with Crippen molar-refractivity contribution in [3.8, 4) is 5.75 Å². The van der Waals surface area contributed by atoms with Gasteiger partial charge in [0.2, 0.25) is 0 Å². The van der Waals surface area contributed by atoms with Gasteiger partial charge in [0, 0.05) is 24.5 Å². The second-order valence-corrected chi connectivity index (χ2v) is 8.00. The third-order valence-electron chi connectivity index (χ3n) is 5.27. The van der Waals surface area contributed by atoms with E-state index in [0.717, 1.165) is 5.56 Å². The summed E-state index contributed by atoms with van der Waals surface area (Å²) in [7, 11) is 1.55. The van der Waals surface area contributed by atoms with Crippen LogP contribution in [0.3, 0.4) is 0 Å². The Bertz CT molecular complexity index is 1210. The summed E-state index contributed by atoms with van der Waals surface area (Å²) in [6.45, 7) is 0.169. The molecule has 1 fully saturated rings. The summed E-state index contributed by atoms with van der Waals surface area (Å²) in [4.78, 5) is 31.5. The highest BCUT2D eigenvalue weighted by atomic mass is 35.5. The minimum Gasteiger partial charge on any atom is -0.507 e. The standard InChI is InChI=1S/C24H18Cl2N2O4/c1-32-17-5-2-15(3-6-17)21-20(22(29)16-4-7-18(25)19(26)12-16)23(30)24(31)28(21)13-14-8-10-27-11-9-14/h2-12,21,29H,13H2,1H3/b22-20-. The van der Waals surface area contributed by atoms with Crippen LogP contribution in [0.5, 0.6) is 5.75 Å². The minimum absolute atomic E-state index is 0.0207. The number of halogens is 2. The maximum atomic E-state index is 13.1. The van der Waals surface area contributed by atoms with Crippen LogP contribution in [-0.4, -0.2) is 33.8 Å². The lowest BCUT2D eigenvalue weighted by molar-refractivity contribution is -0.140. The van der Waals surface area contributed by atoms with Crippen LogP contribution in [-0.2, 0) is 16.1 Å². The smallest absolute Gasteiger partial charge is 0.295 e. The molecule has 1 aliphatic heterocycles. The zero-order valence-electron chi connectivity index (χ0n) is 17.0. The van der Waals surface area contributed by atoms with Crippen LogP contribution in [0.2, 0.25) is 10.0 Å². The maximum absolute atomic E-state index is 13.1. The zero-order chi connectivity index (χ0) is 22.8. The van der Waals surface area contributed by atoms with E-state index >= 15 is 0 Å². The largest absolute Gasteiger partial charge is 0.507 e. The van der Waals surface area contributed by atoms with Crippen molar-refractivity contribution in [1.29, 1.82) is 0 Å². The molecule has 4 rings (SSSR count). The molecule has 1 aliphatic rings. The molecule has 0 aliphatic carbocycles. The molecule has 0 saturated carbocycles. The van der Waals surface area contributed by atoms with E-state index < -0.39 is 17.7 Å². The van der Waals surface area contributed by atoms with Gasteiger partial charge in [-0.15, -0.1) is 0 Å². The molecule has 1 aromatic heterocycles. The number of hydrogen-bond donors (Lipinski definition) is 1. The van der Waals surface area contributed by atoms with Crippen LogP contribution in [0, 0.1) is 0 Å². The zero-order valence-corrected chi connectivity index (χ0v) is 18.5. The van der Waals surface area contributed by atoms with Crippen molar-refractivity contribution in [3.05, 3.63) is 99.3 Å². The number of amides is 1. The van der Waals surface area contributed by atoms with E-state index in [9.17, 15) is 14.7 Å². The highest BCUT2D eigenvalue weighted by molar-refractivity contribution is 6.46. The number of nitrogens with zero attached hydrogens (tertiary/aromatic N) is 2. The van der Waals surface area contributed by atoms with Crippen molar-refractivity contribution in [1.82, 2.24) is 9.88 Å². The molecule has 2 heterocycles. The molecule has 6 nitrogen and oxygen atoms in total. The molecule has 1 unspecified atom stereocenters. The molecule has 8 heteroatoms. The number of benzene rings is 2. The molecule has 3 aromatic rings. The fourth-order valence-corrected chi connectivity index (χ4v) is 3.96. The summed E-state index contributed by atoms with van der Waals surface area (Å²) in [5.41, 5.74) is 1.73. The number of Topliss-reactive ketones (excluding diaryl/α,β-unsaturated/α-hetero) is 1. The molecule has 1 saturated heterocycles. The van der Waals surface area contributed by atoms with Crippen molar-refractivity contribution in [2.45, 2.75) is 12.6 Å². The van der Waals surface area contributed by atoms with Crippen LogP contribution >= 0.6 is 23.2 Å². The van der Waals surface area contributed by atoms with Gasteiger partial charge in [0.15, 0.2) is 0 Å². The third kappa shape index (κ3) is 4.07. The van der Waals surface area contributed by atoms with E-state index in [4.69, 9.17) is 27.9 Å². The van der Waals surface area contributed by atoms with Gasteiger partial charge in [0.25, 0.3) is 11.7 Å². The lowest BCUT2D eigenvalue weighted by Gasteiger charge is -2.25. The molecule has 162 valence electrons. The second kappa shape index (κ2) is 9.02. The quantitative estimate of drug-likeness (QED) is 0.323. The Morgan fingerprint density at radius 3 is 2.34 bits per heavy atom. The average Bonchev–Trinajstić information content (AvgIpc) is 3.06. The SMILES string of the molecule is COc1ccc(C2/C(=C(/O)c3ccc(Cl)c(Cl)c3)C(=O)C(=O)N2Cc2ccncc2)cc1. The van der Waals surface area contributed by atoms with Crippen molar-refractivity contribution < 1.29 is 19.4 Å². The number of ether oxygens (including phenoxy) is 1. The van der Waals surface area contributed by atoms with Crippen molar-refractivity contribution in [2.24, 2.45) is 0 Å². The van der Waals surface area contributed by atoms with E-state index in [2.05, 4.69) is 4.98 Å². The second-order valence-electron chi connectivity index (χ2n) is 7.18. The highest BCUT2D eigenvalue weighted by Gasteiger charge is 2.46. The monoisotopic (exact) mass is 468 g/mol. The Morgan fingerprint density at radius 1 is 1.03 bits per heavy atom. The highest BCUT2D eigenvalue weighted by Crippen LogP contribution is 2.41. The van der Waals surface area contributed by atoms with Crippen LogP contribution < -0.4 is 4.74 Å². The first-order chi connectivity index (χ1) is 15.4. The van der Waals surface area contributed by atoms with Crippen LogP contribution in [0.15, 0.2) is 72.6 Å². The molecule has 0 spiro atoms. The van der Waals surface area contributed by atoms with E-state index in [1.165, 1.54) is 17.0 Å². The number of aromatic nitrogens is 1. The molecule has 0 bridgehead atoms. The van der Waals surface area contributed by atoms with Gasteiger partial charge in [-0.2, -0.15) is 0 Å². The molecule has 2 aromatic carbocycles. The molecular formula is C24H18Cl2N2O4. The van der Waals surface area contributed by atoms with E-state index in [1.54, 1.807) is 62.0 Å². The van der Waals surface area contributed by atoms with Crippen LogP contribution in [0.1, 0.15) is 22.7 Å². The summed E-state index contributed by atoms with van der Waals surface area (Å²) < 4.78 is 5.22. The van der Waals surface area contributed by atoms with E-state index in [0.29, 0.717) is 21.9 Å². The number of likely N-dealkylation sites (tertiary alicyclic amines) is 1.